The molecule has 1 amide bonds. The molecule has 3 nitrogen and oxygen atoms in total. The van der Waals surface area contributed by atoms with Crippen molar-refractivity contribution >= 4 is 33.6 Å². The van der Waals surface area contributed by atoms with Gasteiger partial charge in [-0.1, -0.05) is 21.9 Å². The summed E-state index contributed by atoms with van der Waals surface area (Å²) in [6, 6.07) is 5.68. The molecule has 0 spiro atoms. The summed E-state index contributed by atoms with van der Waals surface area (Å²) in [5, 5.41) is 2.42. The highest BCUT2D eigenvalue weighted by Gasteiger charge is 2.16. The molecule has 0 radical (unpaired) electrons. The van der Waals surface area contributed by atoms with Gasteiger partial charge in [-0.05, 0) is 25.1 Å². The third-order valence-electron chi connectivity index (χ3n) is 2.16. The molecule has 0 heterocycles. The largest absolute Gasteiger partial charge is 0.496 e. The lowest BCUT2D eigenvalue weighted by molar-refractivity contribution is -0.120. The Morgan fingerprint density at radius 2 is 2.39 bits per heavy atom. The van der Waals surface area contributed by atoms with Crippen LogP contribution in [0.15, 0.2) is 27.6 Å². The van der Waals surface area contributed by atoms with Crippen LogP contribution in [0.1, 0.15) is 6.92 Å². The smallest absolute Gasteiger partial charge is 0.233 e. The normalized spacial score (nSPS) is 11.4. The Morgan fingerprint density at radius 1 is 1.67 bits per heavy atom. The van der Waals surface area contributed by atoms with Crippen molar-refractivity contribution in [3.8, 4) is 18.1 Å². The summed E-state index contributed by atoms with van der Waals surface area (Å²) in [6.45, 7) is 2.08. The number of carbonyl (C=O) groups is 1. The Labute approximate surface area is 120 Å². The second-order valence-corrected chi connectivity index (χ2v) is 5.78. The van der Waals surface area contributed by atoms with E-state index in [4.69, 9.17) is 11.2 Å². The van der Waals surface area contributed by atoms with E-state index in [9.17, 15) is 4.79 Å². The molecule has 1 atom stereocenters. The van der Waals surface area contributed by atoms with Crippen molar-refractivity contribution in [2.45, 2.75) is 17.1 Å². The van der Waals surface area contributed by atoms with Gasteiger partial charge < -0.3 is 10.1 Å². The first-order valence-electron chi connectivity index (χ1n) is 5.30. The fourth-order valence-corrected chi connectivity index (χ4v) is 2.81. The van der Waals surface area contributed by atoms with Gasteiger partial charge in [0.1, 0.15) is 5.75 Å². The van der Waals surface area contributed by atoms with Crippen molar-refractivity contribution in [1.29, 1.82) is 0 Å². The van der Waals surface area contributed by atoms with Crippen LogP contribution in [0.25, 0.3) is 0 Å². The average Bonchev–Trinajstić information content (AvgIpc) is 2.36. The number of nitrogens with one attached hydrogen (secondary N) is 1. The standard InChI is InChI=1S/C13H14BrNO2S/c1-4-7-15-13(16)9(2)18-12-8-10(14)5-6-11(12)17-3/h1,5-6,8-9H,7H2,2-3H3,(H,15,16). The Bertz CT molecular complexity index is 471. The summed E-state index contributed by atoms with van der Waals surface area (Å²) < 4.78 is 6.20. The maximum atomic E-state index is 11.7. The van der Waals surface area contributed by atoms with Gasteiger partial charge in [-0.15, -0.1) is 18.2 Å². The molecule has 1 N–H and O–H groups in total. The van der Waals surface area contributed by atoms with Gasteiger partial charge in [-0.2, -0.15) is 0 Å². The lowest BCUT2D eigenvalue weighted by Gasteiger charge is -2.13. The Kier molecular flexibility index (Phi) is 6.10. The van der Waals surface area contributed by atoms with E-state index < -0.39 is 0 Å². The first kappa shape index (κ1) is 14.9. The van der Waals surface area contributed by atoms with Crippen LogP contribution >= 0.6 is 27.7 Å². The van der Waals surface area contributed by atoms with Crippen LogP contribution in [0.5, 0.6) is 5.75 Å². The first-order valence-corrected chi connectivity index (χ1v) is 6.97. The van der Waals surface area contributed by atoms with Crippen molar-refractivity contribution in [3.63, 3.8) is 0 Å². The fraction of sp³-hybridized carbons (Fsp3) is 0.308. The van der Waals surface area contributed by atoms with Crippen molar-refractivity contribution < 1.29 is 9.53 Å². The number of hydrogen-bond acceptors (Lipinski definition) is 3. The van der Waals surface area contributed by atoms with Gasteiger partial charge in [0.05, 0.1) is 23.8 Å². The number of benzene rings is 1. The quantitative estimate of drug-likeness (QED) is 0.667. The summed E-state index contributed by atoms with van der Waals surface area (Å²) in [7, 11) is 1.61. The molecule has 0 fully saturated rings. The maximum absolute atomic E-state index is 11.7. The lowest BCUT2D eigenvalue weighted by Crippen LogP contribution is -2.31. The van der Waals surface area contributed by atoms with Gasteiger partial charge in [-0.3, -0.25) is 4.79 Å². The van der Waals surface area contributed by atoms with Crippen LogP contribution in [-0.2, 0) is 4.79 Å². The van der Waals surface area contributed by atoms with Gasteiger partial charge in [0, 0.05) is 4.47 Å². The number of rotatable bonds is 5. The van der Waals surface area contributed by atoms with E-state index in [0.29, 0.717) is 0 Å². The zero-order chi connectivity index (χ0) is 13.5. The zero-order valence-corrected chi connectivity index (χ0v) is 12.6. The van der Waals surface area contributed by atoms with E-state index in [1.165, 1.54) is 11.8 Å². The Balaban J connectivity index is 2.75. The molecular formula is C13H14BrNO2S. The van der Waals surface area contributed by atoms with Crippen LogP contribution < -0.4 is 10.1 Å². The zero-order valence-electron chi connectivity index (χ0n) is 10.2. The molecule has 0 aliphatic carbocycles. The van der Waals surface area contributed by atoms with Gasteiger partial charge in [0.15, 0.2) is 0 Å². The van der Waals surface area contributed by atoms with Crippen LogP contribution in [0.2, 0.25) is 0 Å². The highest BCUT2D eigenvalue weighted by Crippen LogP contribution is 2.34. The number of carbonyl (C=O) groups excluding carboxylic acids is 1. The highest BCUT2D eigenvalue weighted by atomic mass is 79.9. The molecule has 0 saturated heterocycles. The molecular weight excluding hydrogens is 314 g/mol. The van der Waals surface area contributed by atoms with Gasteiger partial charge in [0.2, 0.25) is 5.91 Å². The molecule has 5 heteroatoms. The predicted molar refractivity (Wildman–Crippen MR) is 77.9 cm³/mol. The van der Waals surface area contributed by atoms with Crippen LogP contribution in [0, 0.1) is 12.3 Å². The molecule has 0 aromatic heterocycles. The summed E-state index contributed by atoms with van der Waals surface area (Å²) >= 11 is 4.83. The molecule has 1 unspecified atom stereocenters. The molecule has 1 rings (SSSR count). The van der Waals surface area contributed by atoms with Crippen LogP contribution in [0.4, 0.5) is 0 Å². The maximum Gasteiger partial charge on any atom is 0.233 e. The fourth-order valence-electron chi connectivity index (χ4n) is 1.27. The van der Waals surface area contributed by atoms with Crippen LogP contribution in [0.3, 0.4) is 0 Å². The van der Waals surface area contributed by atoms with E-state index in [-0.39, 0.29) is 17.7 Å². The molecule has 1 aromatic rings. The van der Waals surface area contributed by atoms with Gasteiger partial charge in [-0.25, -0.2) is 0 Å². The number of thioether (sulfide) groups is 1. The monoisotopic (exact) mass is 327 g/mol. The summed E-state index contributed by atoms with van der Waals surface area (Å²) in [5.74, 6) is 3.04. The molecule has 0 saturated carbocycles. The van der Waals surface area contributed by atoms with Gasteiger partial charge in [0.25, 0.3) is 0 Å². The number of terminal acetylenes is 1. The SMILES string of the molecule is C#CCNC(=O)C(C)Sc1cc(Br)ccc1OC. The Hall–Kier alpha value is -1.12. The third kappa shape index (κ3) is 4.28. The number of methoxy groups -OCH3 is 1. The summed E-state index contributed by atoms with van der Waals surface area (Å²) in [6.07, 6.45) is 5.10. The number of halogens is 1. The molecule has 18 heavy (non-hydrogen) atoms. The molecule has 96 valence electrons. The van der Waals surface area contributed by atoms with E-state index >= 15 is 0 Å². The molecule has 1 aromatic carbocycles. The second kappa shape index (κ2) is 7.34. The first-order chi connectivity index (χ1) is 8.58. The topological polar surface area (TPSA) is 38.3 Å². The van der Waals surface area contributed by atoms with Gasteiger partial charge >= 0.3 is 0 Å². The summed E-state index contributed by atoms with van der Waals surface area (Å²) in [5.41, 5.74) is 0. The minimum Gasteiger partial charge on any atom is -0.496 e. The van der Waals surface area contributed by atoms with Crippen molar-refractivity contribution in [1.82, 2.24) is 5.32 Å². The molecule has 0 bridgehead atoms. The number of hydrogen-bond donors (Lipinski definition) is 1. The van der Waals surface area contributed by atoms with Crippen molar-refractivity contribution in [2.24, 2.45) is 0 Å². The average molecular weight is 328 g/mol. The summed E-state index contributed by atoms with van der Waals surface area (Å²) in [4.78, 5) is 12.6. The molecule has 0 aliphatic rings. The number of ether oxygens (including phenoxy) is 1. The van der Waals surface area contributed by atoms with E-state index in [2.05, 4.69) is 27.2 Å². The minimum absolute atomic E-state index is 0.0834. The van der Waals surface area contributed by atoms with E-state index in [1.807, 2.05) is 25.1 Å². The molecule has 0 aliphatic heterocycles. The predicted octanol–water partition coefficient (Wildman–Crippen LogP) is 2.69. The van der Waals surface area contributed by atoms with E-state index in [0.717, 1.165) is 15.1 Å². The lowest BCUT2D eigenvalue weighted by atomic mass is 10.3. The van der Waals surface area contributed by atoms with Crippen LogP contribution in [-0.4, -0.2) is 24.8 Å². The second-order valence-electron chi connectivity index (χ2n) is 3.48. The van der Waals surface area contributed by atoms with E-state index in [1.54, 1.807) is 7.11 Å². The van der Waals surface area contributed by atoms with Crippen molar-refractivity contribution in [2.75, 3.05) is 13.7 Å². The van der Waals surface area contributed by atoms with Crippen molar-refractivity contribution in [3.05, 3.63) is 22.7 Å². The Morgan fingerprint density at radius 3 is 3.00 bits per heavy atom. The minimum atomic E-state index is -0.235. The third-order valence-corrected chi connectivity index (χ3v) is 3.80. The number of amides is 1. The highest BCUT2D eigenvalue weighted by molar-refractivity contribution is 9.10.